The predicted octanol–water partition coefficient (Wildman–Crippen LogP) is 2.45. The molecule has 0 aromatic carbocycles. The first-order valence-electron chi connectivity index (χ1n) is 15.5. The normalized spacial score (nSPS) is 43.7. The number of nitrogens with one attached hydrogen (secondary N) is 2. The minimum absolute atomic E-state index is 0.0000741. The summed E-state index contributed by atoms with van der Waals surface area (Å²) in [7, 11) is 4.10. The number of carbonyl (C=O) groups is 1. The average molecular weight is 572 g/mol. The third-order valence-electron chi connectivity index (χ3n) is 10.5. The van der Waals surface area contributed by atoms with E-state index in [-0.39, 0.29) is 47.3 Å². The Bertz CT molecular complexity index is 818. The second kappa shape index (κ2) is 13.2. The number of alkyl halides is 2. The smallest absolute Gasteiger partial charge is 0.219 e. The molecule has 2 aliphatic heterocycles. The number of ether oxygens (including phenoxy) is 1. The lowest BCUT2D eigenvalue weighted by Crippen LogP contribution is -2.74. The summed E-state index contributed by atoms with van der Waals surface area (Å²) in [4.78, 5) is 18.3. The van der Waals surface area contributed by atoms with Gasteiger partial charge in [-0.2, -0.15) is 0 Å². The molecule has 2 saturated heterocycles. The summed E-state index contributed by atoms with van der Waals surface area (Å²) in [5.41, 5.74) is 0. The van der Waals surface area contributed by atoms with Gasteiger partial charge in [0.2, 0.25) is 5.91 Å². The van der Waals surface area contributed by atoms with Gasteiger partial charge >= 0.3 is 0 Å². The molecular formula is C29H51ClFN5O3. The van der Waals surface area contributed by atoms with Crippen molar-refractivity contribution in [3.05, 3.63) is 0 Å². The van der Waals surface area contributed by atoms with E-state index in [4.69, 9.17) is 16.3 Å². The van der Waals surface area contributed by atoms with Crippen molar-refractivity contribution in [2.75, 3.05) is 53.4 Å². The van der Waals surface area contributed by atoms with Crippen LogP contribution < -0.4 is 10.6 Å². The van der Waals surface area contributed by atoms with Crippen LogP contribution in [-0.2, 0) is 9.53 Å². The molecular weight excluding hydrogens is 521 g/mol. The van der Waals surface area contributed by atoms with Gasteiger partial charge in [-0.3, -0.25) is 20.3 Å². The highest BCUT2D eigenvalue weighted by Gasteiger charge is 2.56. The molecule has 10 heteroatoms. The quantitative estimate of drug-likeness (QED) is 0.320. The molecule has 0 spiro atoms. The number of fused-ring (bicyclic) bond motifs is 2. The Balaban J connectivity index is 1.33. The van der Waals surface area contributed by atoms with Crippen molar-refractivity contribution in [2.24, 2.45) is 29.6 Å². The van der Waals surface area contributed by atoms with E-state index in [0.29, 0.717) is 38.0 Å². The Morgan fingerprint density at radius 3 is 2.51 bits per heavy atom. The number of amides is 1. The minimum Gasteiger partial charge on any atom is -0.393 e. The van der Waals surface area contributed by atoms with E-state index in [1.54, 1.807) is 6.92 Å². The fourth-order valence-electron chi connectivity index (χ4n) is 8.62. The molecule has 3 N–H and O–H groups in total. The summed E-state index contributed by atoms with van der Waals surface area (Å²) in [6, 6.07) is -0.359. The van der Waals surface area contributed by atoms with Crippen LogP contribution in [0.5, 0.6) is 0 Å². The first-order chi connectivity index (χ1) is 18.7. The molecule has 0 bridgehead atoms. The van der Waals surface area contributed by atoms with Crippen molar-refractivity contribution >= 4 is 17.5 Å². The van der Waals surface area contributed by atoms with Crippen LogP contribution >= 0.6 is 11.6 Å². The second-order valence-electron chi connectivity index (χ2n) is 13.2. The molecule has 3 saturated carbocycles. The number of rotatable bonds is 7. The van der Waals surface area contributed by atoms with Gasteiger partial charge in [-0.1, -0.05) is 19.3 Å². The first-order valence-corrected chi connectivity index (χ1v) is 15.9. The fraction of sp³-hybridized carbons (Fsp3) is 0.966. The van der Waals surface area contributed by atoms with E-state index >= 15 is 4.39 Å². The Morgan fingerprint density at radius 2 is 1.79 bits per heavy atom. The van der Waals surface area contributed by atoms with Gasteiger partial charge in [-0.15, -0.1) is 11.6 Å². The first kappa shape index (κ1) is 29.9. The maximum Gasteiger partial charge on any atom is 0.219 e. The largest absolute Gasteiger partial charge is 0.393 e. The highest BCUT2D eigenvalue weighted by molar-refractivity contribution is 6.21. The SMILES string of the molecule is CC(=O)N1CCN(C2NC(OCCCN(C)C)NC3C(F)C(C4CC(O)CC5CCCCC54)C(Cl)CC32)CC1. The molecule has 0 aromatic rings. The van der Waals surface area contributed by atoms with E-state index in [1.807, 2.05) is 4.90 Å². The van der Waals surface area contributed by atoms with Crippen molar-refractivity contribution in [3.8, 4) is 0 Å². The van der Waals surface area contributed by atoms with Crippen LogP contribution in [0, 0.1) is 29.6 Å². The van der Waals surface area contributed by atoms with Crippen LogP contribution in [0.25, 0.3) is 0 Å². The summed E-state index contributed by atoms with van der Waals surface area (Å²) in [5, 5.41) is 17.7. The molecule has 1 amide bonds. The van der Waals surface area contributed by atoms with Crippen LogP contribution in [-0.4, -0.2) is 115 Å². The van der Waals surface area contributed by atoms with Gasteiger partial charge < -0.3 is 19.6 Å². The Hall–Kier alpha value is -0.550. The number of aliphatic hydroxyl groups excluding tert-OH is 1. The summed E-state index contributed by atoms with van der Waals surface area (Å²) in [6.45, 7) is 6.01. The molecule has 5 rings (SSSR count). The number of hydrogen-bond donors (Lipinski definition) is 3. The minimum atomic E-state index is -1.10. The molecule has 11 atom stereocenters. The van der Waals surface area contributed by atoms with Gasteiger partial charge in [0.05, 0.1) is 18.9 Å². The Kier molecular flexibility index (Phi) is 10.1. The molecule has 5 aliphatic rings. The fourth-order valence-corrected chi connectivity index (χ4v) is 9.16. The molecule has 39 heavy (non-hydrogen) atoms. The third-order valence-corrected chi connectivity index (χ3v) is 10.9. The van der Waals surface area contributed by atoms with Gasteiger partial charge in [0.1, 0.15) is 6.17 Å². The summed E-state index contributed by atoms with van der Waals surface area (Å²) >= 11 is 7.16. The van der Waals surface area contributed by atoms with Crippen LogP contribution in [0.3, 0.4) is 0 Å². The van der Waals surface area contributed by atoms with Gasteiger partial charge in [0.25, 0.3) is 0 Å². The Labute approximate surface area is 239 Å². The number of piperazine rings is 1. The maximum atomic E-state index is 16.9. The monoisotopic (exact) mass is 571 g/mol. The number of aliphatic hydroxyl groups is 1. The maximum absolute atomic E-state index is 16.9. The summed E-state index contributed by atoms with van der Waals surface area (Å²) in [6.07, 6.45) is 5.94. The lowest BCUT2D eigenvalue weighted by molar-refractivity contribution is -0.137. The van der Waals surface area contributed by atoms with E-state index in [9.17, 15) is 9.90 Å². The summed E-state index contributed by atoms with van der Waals surface area (Å²) < 4.78 is 23.1. The van der Waals surface area contributed by atoms with E-state index < -0.39 is 12.5 Å². The average Bonchev–Trinajstić information content (AvgIpc) is 2.91. The van der Waals surface area contributed by atoms with Gasteiger partial charge in [0, 0.05) is 56.4 Å². The predicted molar refractivity (Wildman–Crippen MR) is 151 cm³/mol. The zero-order valence-electron chi connectivity index (χ0n) is 24.1. The molecule has 3 aliphatic carbocycles. The zero-order valence-corrected chi connectivity index (χ0v) is 24.9. The lowest BCUT2D eigenvalue weighted by Gasteiger charge is -2.56. The lowest BCUT2D eigenvalue weighted by atomic mass is 9.57. The summed E-state index contributed by atoms with van der Waals surface area (Å²) in [5.74, 6) is 0.947. The van der Waals surface area contributed by atoms with E-state index in [1.165, 1.54) is 12.8 Å². The van der Waals surface area contributed by atoms with E-state index in [2.05, 4.69) is 34.5 Å². The van der Waals surface area contributed by atoms with Crippen molar-refractivity contribution in [1.82, 2.24) is 25.3 Å². The number of carbonyl (C=O) groups excluding carboxylic acids is 1. The van der Waals surface area contributed by atoms with Crippen LogP contribution in [0.1, 0.15) is 58.3 Å². The van der Waals surface area contributed by atoms with Crippen LogP contribution in [0.4, 0.5) is 4.39 Å². The second-order valence-corrected chi connectivity index (χ2v) is 13.7. The topological polar surface area (TPSA) is 80.3 Å². The number of halogens is 2. The van der Waals surface area contributed by atoms with Crippen molar-refractivity contribution < 1.29 is 19.0 Å². The Morgan fingerprint density at radius 1 is 1.05 bits per heavy atom. The van der Waals surface area contributed by atoms with Crippen LogP contribution in [0.2, 0.25) is 0 Å². The van der Waals surface area contributed by atoms with Crippen molar-refractivity contribution in [1.29, 1.82) is 0 Å². The molecule has 5 fully saturated rings. The third kappa shape index (κ3) is 6.76. The molecule has 0 radical (unpaired) electrons. The molecule has 224 valence electrons. The molecule has 0 aromatic heterocycles. The number of nitrogens with zero attached hydrogens (tertiary/aromatic N) is 3. The van der Waals surface area contributed by atoms with Gasteiger partial charge in [0.15, 0.2) is 6.35 Å². The van der Waals surface area contributed by atoms with Gasteiger partial charge in [-0.05, 0) is 70.5 Å². The van der Waals surface area contributed by atoms with Crippen molar-refractivity contribution in [2.45, 2.75) is 94.5 Å². The molecule has 11 unspecified atom stereocenters. The number of hydrogen-bond acceptors (Lipinski definition) is 7. The molecule has 8 nitrogen and oxygen atoms in total. The van der Waals surface area contributed by atoms with Crippen molar-refractivity contribution in [3.63, 3.8) is 0 Å². The van der Waals surface area contributed by atoms with Crippen LogP contribution in [0.15, 0.2) is 0 Å². The highest BCUT2D eigenvalue weighted by atomic mass is 35.5. The highest BCUT2D eigenvalue weighted by Crippen LogP contribution is 2.52. The molecule has 2 heterocycles. The van der Waals surface area contributed by atoms with Gasteiger partial charge in [-0.25, -0.2) is 4.39 Å². The van der Waals surface area contributed by atoms with E-state index in [0.717, 1.165) is 51.7 Å². The standard InChI is InChI=1S/C29H51ClFN5O3/c1-18(37)35-10-12-36(13-11-35)28-23-17-24(30)25(22-16-20(38)15-19-7-4-5-8-21(19)22)26(31)27(23)32-29(33-28)39-14-6-9-34(2)3/h19-29,32-33,38H,4-17H2,1-3H3. The zero-order chi connectivity index (χ0) is 27.7.